The molecule has 0 bridgehead atoms. The van der Waals surface area contributed by atoms with Crippen LogP contribution in [0.4, 0.5) is 13.2 Å². The monoisotopic (exact) mass is 294 g/mol. The summed E-state index contributed by atoms with van der Waals surface area (Å²) >= 11 is 0. The lowest BCUT2D eigenvalue weighted by Gasteiger charge is -2.13. The predicted molar refractivity (Wildman–Crippen MR) is 60.7 cm³/mol. The van der Waals surface area contributed by atoms with Crippen LogP contribution in [0.2, 0.25) is 0 Å². The van der Waals surface area contributed by atoms with Gasteiger partial charge in [0.05, 0.1) is 19.3 Å². The van der Waals surface area contributed by atoms with Gasteiger partial charge in [-0.3, -0.25) is 9.48 Å². The largest absolute Gasteiger partial charge is 0.479 e. The maximum Gasteiger partial charge on any atom is 0.401 e. The van der Waals surface area contributed by atoms with Crippen LogP contribution >= 0.6 is 0 Å². The van der Waals surface area contributed by atoms with Gasteiger partial charge in [0.1, 0.15) is 0 Å². The average molecular weight is 294 g/mol. The minimum absolute atomic E-state index is 0.226. The third-order valence-corrected chi connectivity index (χ3v) is 2.22. The van der Waals surface area contributed by atoms with Crippen molar-refractivity contribution in [3.63, 3.8) is 0 Å². The van der Waals surface area contributed by atoms with E-state index in [1.54, 1.807) is 7.05 Å². The van der Waals surface area contributed by atoms with Gasteiger partial charge in [0.15, 0.2) is 6.04 Å². The lowest BCUT2D eigenvalue weighted by Crippen LogP contribution is -2.41. The Bertz CT molecular complexity index is 486. The van der Waals surface area contributed by atoms with Crippen molar-refractivity contribution in [2.75, 3.05) is 13.1 Å². The number of carboxylic acid groups (broad SMARTS) is 1. The predicted octanol–water partition coefficient (Wildman–Crippen LogP) is -0.186. The number of alkyl halides is 3. The Labute approximate surface area is 111 Å². The van der Waals surface area contributed by atoms with Gasteiger partial charge in [-0.05, 0) is 0 Å². The van der Waals surface area contributed by atoms with Gasteiger partial charge in [-0.2, -0.15) is 18.3 Å². The first-order valence-corrected chi connectivity index (χ1v) is 5.47. The number of rotatable bonds is 6. The van der Waals surface area contributed by atoms with E-state index in [1.165, 1.54) is 17.1 Å². The highest BCUT2D eigenvalue weighted by atomic mass is 19.4. The number of carbonyl (C=O) groups excluding carboxylic acids is 1. The van der Waals surface area contributed by atoms with Crippen LogP contribution < -0.4 is 10.6 Å². The van der Waals surface area contributed by atoms with Crippen molar-refractivity contribution in [2.24, 2.45) is 7.05 Å². The standard InChI is InChI=1S/C10H13F3N4O3/c1-17-4-6(2-15-17)8(9(19)20)16-7(18)3-14-5-10(11,12)13/h2,4,8,14H,3,5H2,1H3,(H,16,18)(H,19,20). The van der Waals surface area contributed by atoms with E-state index in [-0.39, 0.29) is 5.56 Å². The number of nitrogens with zero attached hydrogens (tertiary/aromatic N) is 2. The van der Waals surface area contributed by atoms with Crippen LogP contribution in [0.15, 0.2) is 12.4 Å². The second kappa shape index (κ2) is 6.37. The molecule has 112 valence electrons. The van der Waals surface area contributed by atoms with E-state index in [2.05, 4.69) is 10.4 Å². The van der Waals surface area contributed by atoms with Crippen molar-refractivity contribution in [2.45, 2.75) is 12.2 Å². The molecular weight excluding hydrogens is 281 g/mol. The summed E-state index contributed by atoms with van der Waals surface area (Å²) in [5, 5.41) is 16.7. The quantitative estimate of drug-likeness (QED) is 0.676. The van der Waals surface area contributed by atoms with Crippen molar-refractivity contribution >= 4 is 11.9 Å². The van der Waals surface area contributed by atoms with E-state index in [1.807, 2.05) is 5.32 Å². The van der Waals surface area contributed by atoms with Gasteiger partial charge in [-0.1, -0.05) is 0 Å². The first kappa shape index (κ1) is 16.0. The summed E-state index contributed by atoms with van der Waals surface area (Å²) in [5.74, 6) is -2.19. The summed E-state index contributed by atoms with van der Waals surface area (Å²) < 4.78 is 36.9. The first-order chi connectivity index (χ1) is 9.19. The second-order valence-electron chi connectivity index (χ2n) is 4.00. The van der Waals surface area contributed by atoms with Crippen molar-refractivity contribution in [3.05, 3.63) is 18.0 Å². The molecule has 0 aliphatic heterocycles. The number of carbonyl (C=O) groups is 2. The smallest absolute Gasteiger partial charge is 0.401 e. The zero-order valence-corrected chi connectivity index (χ0v) is 10.4. The minimum Gasteiger partial charge on any atom is -0.479 e. The summed E-state index contributed by atoms with van der Waals surface area (Å²) in [6.45, 7) is -1.96. The Hall–Kier alpha value is -2.10. The van der Waals surface area contributed by atoms with Crippen LogP contribution in [0, 0.1) is 0 Å². The third kappa shape index (κ3) is 5.26. The Morgan fingerprint density at radius 3 is 2.60 bits per heavy atom. The fraction of sp³-hybridized carbons (Fsp3) is 0.500. The molecule has 0 fully saturated rings. The van der Waals surface area contributed by atoms with Crippen molar-refractivity contribution < 1.29 is 27.9 Å². The summed E-state index contributed by atoms with van der Waals surface area (Å²) in [6.07, 6.45) is -1.79. The zero-order valence-electron chi connectivity index (χ0n) is 10.4. The zero-order chi connectivity index (χ0) is 15.3. The highest BCUT2D eigenvalue weighted by molar-refractivity contribution is 5.85. The Kier molecular flexibility index (Phi) is 5.08. The molecule has 0 saturated heterocycles. The lowest BCUT2D eigenvalue weighted by molar-refractivity contribution is -0.142. The summed E-state index contributed by atoms with van der Waals surface area (Å²) in [5.41, 5.74) is 0.226. The molecule has 0 aliphatic carbocycles. The molecule has 3 N–H and O–H groups in total. The fourth-order valence-electron chi connectivity index (χ4n) is 1.41. The van der Waals surface area contributed by atoms with Gasteiger partial charge in [0, 0.05) is 18.8 Å². The number of nitrogens with one attached hydrogen (secondary N) is 2. The normalized spacial score (nSPS) is 13.0. The minimum atomic E-state index is -4.43. The van der Waals surface area contributed by atoms with Gasteiger partial charge < -0.3 is 15.7 Å². The summed E-state index contributed by atoms with van der Waals surface area (Å²) in [4.78, 5) is 22.4. The van der Waals surface area contributed by atoms with E-state index < -0.39 is 37.2 Å². The maximum atomic E-state index is 11.9. The molecule has 1 heterocycles. The second-order valence-corrected chi connectivity index (χ2v) is 4.00. The van der Waals surface area contributed by atoms with E-state index in [4.69, 9.17) is 5.11 Å². The van der Waals surface area contributed by atoms with Gasteiger partial charge in [-0.15, -0.1) is 0 Å². The van der Waals surface area contributed by atoms with Gasteiger partial charge in [0.25, 0.3) is 0 Å². The summed E-state index contributed by atoms with van der Waals surface area (Å²) in [7, 11) is 1.56. The molecule has 0 spiro atoms. The van der Waals surface area contributed by atoms with Crippen molar-refractivity contribution in [3.8, 4) is 0 Å². The molecule has 1 aromatic heterocycles. The number of amides is 1. The third-order valence-electron chi connectivity index (χ3n) is 2.22. The average Bonchev–Trinajstić information content (AvgIpc) is 2.70. The van der Waals surface area contributed by atoms with E-state index >= 15 is 0 Å². The maximum absolute atomic E-state index is 11.9. The van der Waals surface area contributed by atoms with Crippen LogP contribution in [0.3, 0.4) is 0 Å². The Balaban J connectivity index is 2.54. The van der Waals surface area contributed by atoms with E-state index in [0.29, 0.717) is 0 Å². The molecule has 1 atom stereocenters. The topological polar surface area (TPSA) is 96.2 Å². The molecule has 1 aromatic rings. The Morgan fingerprint density at radius 1 is 1.50 bits per heavy atom. The molecule has 0 radical (unpaired) electrons. The molecule has 1 rings (SSSR count). The molecule has 1 amide bonds. The first-order valence-electron chi connectivity index (χ1n) is 5.47. The van der Waals surface area contributed by atoms with E-state index in [0.717, 1.165) is 0 Å². The van der Waals surface area contributed by atoms with Crippen LogP contribution in [-0.2, 0) is 16.6 Å². The lowest BCUT2D eigenvalue weighted by atomic mass is 10.1. The highest BCUT2D eigenvalue weighted by Gasteiger charge is 2.27. The molecule has 0 aliphatic rings. The van der Waals surface area contributed by atoms with Gasteiger partial charge >= 0.3 is 12.1 Å². The van der Waals surface area contributed by atoms with Crippen LogP contribution in [0.1, 0.15) is 11.6 Å². The SMILES string of the molecule is Cn1cc(C(NC(=O)CNCC(F)(F)F)C(=O)O)cn1. The van der Waals surface area contributed by atoms with Crippen molar-refractivity contribution in [1.82, 2.24) is 20.4 Å². The van der Waals surface area contributed by atoms with Gasteiger partial charge in [-0.25, -0.2) is 4.79 Å². The molecular formula is C10H13F3N4O3. The van der Waals surface area contributed by atoms with Crippen LogP contribution in [0.25, 0.3) is 0 Å². The molecule has 1 unspecified atom stereocenters. The number of aliphatic carboxylic acids is 1. The van der Waals surface area contributed by atoms with Crippen molar-refractivity contribution in [1.29, 1.82) is 0 Å². The van der Waals surface area contributed by atoms with E-state index in [9.17, 15) is 22.8 Å². The van der Waals surface area contributed by atoms with Gasteiger partial charge in [0.2, 0.25) is 5.91 Å². The van der Waals surface area contributed by atoms with Crippen LogP contribution in [-0.4, -0.2) is 46.0 Å². The summed E-state index contributed by atoms with van der Waals surface area (Å²) in [6, 6.07) is -1.36. The Morgan fingerprint density at radius 2 is 2.15 bits per heavy atom. The fourth-order valence-corrected chi connectivity index (χ4v) is 1.41. The molecule has 0 saturated carbocycles. The number of halogens is 3. The number of carboxylic acids is 1. The number of aryl methyl sites for hydroxylation is 1. The number of hydrogen-bond acceptors (Lipinski definition) is 4. The van der Waals surface area contributed by atoms with Crippen LogP contribution in [0.5, 0.6) is 0 Å². The molecule has 0 aromatic carbocycles. The number of aromatic nitrogens is 2. The molecule has 20 heavy (non-hydrogen) atoms. The highest BCUT2D eigenvalue weighted by Crippen LogP contribution is 2.13. The molecule has 10 heteroatoms. The molecule has 7 nitrogen and oxygen atoms in total. The number of hydrogen-bond donors (Lipinski definition) is 3.